The van der Waals surface area contributed by atoms with Crippen molar-refractivity contribution in [2.24, 2.45) is 0 Å². The van der Waals surface area contributed by atoms with Gasteiger partial charge in [0.25, 0.3) is 0 Å². The Balaban J connectivity index is 1.47. The number of nitrogens with zero attached hydrogens (tertiary/aromatic N) is 3. The lowest BCUT2D eigenvalue weighted by molar-refractivity contribution is 0.0412. The second-order valence-electron chi connectivity index (χ2n) is 7.73. The van der Waals surface area contributed by atoms with E-state index in [1.807, 2.05) is 11.8 Å². The monoisotopic (exact) mass is 399 g/mol. The fourth-order valence-electron chi connectivity index (χ4n) is 4.13. The molecule has 1 aromatic carbocycles. The normalized spacial score (nSPS) is 20.8. The number of hydrogen-bond acceptors (Lipinski definition) is 5. The van der Waals surface area contributed by atoms with Gasteiger partial charge in [-0.3, -0.25) is 9.80 Å². The van der Waals surface area contributed by atoms with Crippen LogP contribution in [0.4, 0.5) is 4.79 Å². The van der Waals surface area contributed by atoms with Crippen molar-refractivity contribution in [3.63, 3.8) is 0 Å². The molecule has 0 saturated carbocycles. The minimum Gasteiger partial charge on any atom is -0.450 e. The van der Waals surface area contributed by atoms with Crippen LogP contribution in [0.25, 0.3) is 0 Å². The quantitative estimate of drug-likeness (QED) is 0.769. The molecule has 2 aliphatic heterocycles. The molecule has 2 heterocycles. The van der Waals surface area contributed by atoms with E-state index in [0.29, 0.717) is 19.1 Å². The molecule has 0 radical (unpaired) electrons. The Labute approximate surface area is 174 Å². The lowest BCUT2D eigenvalue weighted by Crippen LogP contribution is -2.55. The molecule has 0 aliphatic carbocycles. The third-order valence-electron chi connectivity index (χ3n) is 5.67. The molecule has 29 heavy (non-hydrogen) atoms. The van der Waals surface area contributed by atoms with E-state index in [2.05, 4.69) is 45.9 Å². The van der Waals surface area contributed by atoms with Crippen molar-refractivity contribution in [2.75, 3.05) is 52.5 Å². The molecule has 1 N–H and O–H groups in total. The van der Waals surface area contributed by atoms with E-state index in [4.69, 9.17) is 9.84 Å². The standard InChI is InChI=1S/C23H33N3O3/c1-2-29-23(28)26-15-13-25(14-16-26)22-7-5-12-24(19-22)18-21-10-8-20(9-11-21)6-3-4-17-27/h8-11,22,27H,2,4-5,7,12-19H2,1H3/t22-/m0/s1. The molecule has 0 unspecified atom stereocenters. The van der Waals surface area contributed by atoms with Crippen LogP contribution in [-0.2, 0) is 11.3 Å². The molecule has 1 atom stereocenters. The second kappa shape index (κ2) is 11.2. The number of carbonyl (C=O) groups is 1. The van der Waals surface area contributed by atoms with Crippen molar-refractivity contribution >= 4 is 6.09 Å². The minimum absolute atomic E-state index is 0.110. The van der Waals surface area contributed by atoms with Crippen LogP contribution in [0.5, 0.6) is 0 Å². The summed E-state index contributed by atoms with van der Waals surface area (Å²) >= 11 is 0. The van der Waals surface area contributed by atoms with Crippen molar-refractivity contribution in [3.05, 3.63) is 35.4 Å². The molecule has 0 aromatic heterocycles. The summed E-state index contributed by atoms with van der Waals surface area (Å²) in [6, 6.07) is 9.01. The molecule has 2 fully saturated rings. The highest BCUT2D eigenvalue weighted by Crippen LogP contribution is 2.20. The van der Waals surface area contributed by atoms with Crippen molar-refractivity contribution in [1.82, 2.24) is 14.7 Å². The number of rotatable bonds is 5. The van der Waals surface area contributed by atoms with E-state index >= 15 is 0 Å². The molecule has 1 amide bonds. The lowest BCUT2D eigenvalue weighted by atomic mass is 10.0. The number of benzene rings is 1. The highest BCUT2D eigenvalue weighted by molar-refractivity contribution is 5.67. The molecule has 6 nitrogen and oxygen atoms in total. The summed E-state index contributed by atoms with van der Waals surface area (Å²) in [6.45, 7) is 8.95. The summed E-state index contributed by atoms with van der Waals surface area (Å²) in [5.41, 5.74) is 2.31. The lowest BCUT2D eigenvalue weighted by Gasteiger charge is -2.43. The Hall–Kier alpha value is -2.07. The Morgan fingerprint density at radius 1 is 1.17 bits per heavy atom. The molecular weight excluding hydrogens is 366 g/mol. The number of aliphatic hydroxyl groups excluding tert-OH is 1. The minimum atomic E-state index is -0.179. The molecule has 3 rings (SSSR count). The Morgan fingerprint density at radius 3 is 2.62 bits per heavy atom. The number of aliphatic hydroxyl groups is 1. The highest BCUT2D eigenvalue weighted by Gasteiger charge is 2.29. The molecule has 0 spiro atoms. The van der Waals surface area contributed by atoms with Crippen LogP contribution in [-0.4, -0.2) is 84.4 Å². The van der Waals surface area contributed by atoms with Gasteiger partial charge in [-0.2, -0.15) is 0 Å². The van der Waals surface area contributed by atoms with Crippen molar-refractivity contribution in [2.45, 2.75) is 38.8 Å². The number of likely N-dealkylation sites (tertiary alicyclic amines) is 1. The SMILES string of the molecule is CCOC(=O)N1CCN([C@H]2CCCN(Cc3ccc(C#CCCO)cc3)C2)CC1. The highest BCUT2D eigenvalue weighted by atomic mass is 16.6. The van der Waals surface area contributed by atoms with Gasteiger partial charge in [0, 0.05) is 57.3 Å². The second-order valence-corrected chi connectivity index (χ2v) is 7.73. The summed E-state index contributed by atoms with van der Waals surface area (Å²) in [5.74, 6) is 6.04. The zero-order chi connectivity index (χ0) is 20.5. The van der Waals surface area contributed by atoms with Crippen LogP contribution in [0.2, 0.25) is 0 Å². The average molecular weight is 400 g/mol. The first kappa shape index (κ1) is 21.6. The molecule has 1 aromatic rings. The van der Waals surface area contributed by atoms with E-state index < -0.39 is 0 Å². The van der Waals surface area contributed by atoms with Crippen LogP contribution in [0.1, 0.15) is 37.3 Å². The van der Waals surface area contributed by atoms with E-state index in [1.165, 1.54) is 18.4 Å². The number of piperazine rings is 1. The fraction of sp³-hybridized carbons (Fsp3) is 0.609. The van der Waals surface area contributed by atoms with Crippen molar-refractivity contribution < 1.29 is 14.6 Å². The van der Waals surface area contributed by atoms with Gasteiger partial charge in [0.05, 0.1) is 13.2 Å². The summed E-state index contributed by atoms with van der Waals surface area (Å²) in [5, 5.41) is 8.81. The van der Waals surface area contributed by atoms with Gasteiger partial charge >= 0.3 is 6.09 Å². The Bertz CT molecular complexity index is 702. The van der Waals surface area contributed by atoms with Gasteiger partial charge < -0.3 is 14.7 Å². The molecule has 2 saturated heterocycles. The van der Waals surface area contributed by atoms with Crippen LogP contribution in [0, 0.1) is 11.8 Å². The molecule has 6 heteroatoms. The van der Waals surface area contributed by atoms with Gasteiger partial charge in [0.2, 0.25) is 0 Å². The van der Waals surface area contributed by atoms with Gasteiger partial charge in [-0.15, -0.1) is 0 Å². The van der Waals surface area contributed by atoms with Crippen molar-refractivity contribution in [1.29, 1.82) is 0 Å². The third-order valence-corrected chi connectivity index (χ3v) is 5.67. The van der Waals surface area contributed by atoms with E-state index in [0.717, 1.165) is 51.4 Å². The maximum atomic E-state index is 11.9. The van der Waals surface area contributed by atoms with Crippen LogP contribution in [0.15, 0.2) is 24.3 Å². The molecular formula is C23H33N3O3. The van der Waals surface area contributed by atoms with E-state index in [-0.39, 0.29) is 12.7 Å². The zero-order valence-electron chi connectivity index (χ0n) is 17.5. The summed E-state index contributed by atoms with van der Waals surface area (Å²) < 4.78 is 5.12. The number of ether oxygens (including phenoxy) is 1. The first-order valence-corrected chi connectivity index (χ1v) is 10.8. The number of carbonyl (C=O) groups excluding carboxylic acids is 1. The largest absolute Gasteiger partial charge is 0.450 e. The Morgan fingerprint density at radius 2 is 1.93 bits per heavy atom. The van der Waals surface area contributed by atoms with Gasteiger partial charge in [0.1, 0.15) is 0 Å². The topological polar surface area (TPSA) is 56.2 Å². The first-order valence-electron chi connectivity index (χ1n) is 10.8. The maximum Gasteiger partial charge on any atom is 0.409 e. The van der Waals surface area contributed by atoms with E-state index in [1.54, 1.807) is 0 Å². The van der Waals surface area contributed by atoms with Gasteiger partial charge in [-0.05, 0) is 44.0 Å². The van der Waals surface area contributed by atoms with Gasteiger partial charge in [-0.25, -0.2) is 4.79 Å². The summed E-state index contributed by atoms with van der Waals surface area (Å²) in [6.07, 6.45) is 2.79. The van der Waals surface area contributed by atoms with Gasteiger partial charge in [-0.1, -0.05) is 24.0 Å². The van der Waals surface area contributed by atoms with Crippen LogP contribution >= 0.6 is 0 Å². The summed E-state index contributed by atoms with van der Waals surface area (Å²) in [4.78, 5) is 18.8. The number of amides is 1. The van der Waals surface area contributed by atoms with E-state index in [9.17, 15) is 4.79 Å². The molecule has 158 valence electrons. The van der Waals surface area contributed by atoms with Gasteiger partial charge in [0.15, 0.2) is 0 Å². The van der Waals surface area contributed by atoms with Crippen molar-refractivity contribution in [3.8, 4) is 11.8 Å². The van der Waals surface area contributed by atoms with Crippen LogP contribution in [0.3, 0.4) is 0 Å². The maximum absolute atomic E-state index is 11.9. The molecule has 0 bridgehead atoms. The fourth-order valence-corrected chi connectivity index (χ4v) is 4.13. The Kier molecular flexibility index (Phi) is 8.36. The predicted molar refractivity (Wildman–Crippen MR) is 113 cm³/mol. The smallest absolute Gasteiger partial charge is 0.409 e. The van der Waals surface area contributed by atoms with Crippen LogP contribution < -0.4 is 0 Å². The average Bonchev–Trinajstić information content (AvgIpc) is 2.76. The summed E-state index contributed by atoms with van der Waals surface area (Å²) in [7, 11) is 0. The predicted octanol–water partition coefficient (Wildman–Crippen LogP) is 2.16. The zero-order valence-corrected chi connectivity index (χ0v) is 17.5. The number of piperidine rings is 1. The first-order chi connectivity index (χ1) is 14.2. The number of hydrogen-bond donors (Lipinski definition) is 1. The third kappa shape index (κ3) is 6.46. The molecule has 2 aliphatic rings.